The lowest BCUT2D eigenvalue weighted by Crippen LogP contribution is -2.40. The van der Waals surface area contributed by atoms with Gasteiger partial charge in [-0.05, 0) is 61.7 Å². The molecule has 0 spiro atoms. The van der Waals surface area contributed by atoms with Crippen molar-refractivity contribution >= 4 is 35.0 Å². The largest absolute Gasteiger partial charge is 0.490 e. The molecule has 2 heterocycles. The Morgan fingerprint density at radius 2 is 1.76 bits per heavy atom. The molecule has 1 aliphatic rings. The Bertz CT molecular complexity index is 1790. The molecule has 210 valence electrons. The van der Waals surface area contributed by atoms with Gasteiger partial charge in [-0.1, -0.05) is 77.5 Å². The van der Waals surface area contributed by atoms with Gasteiger partial charge >= 0.3 is 5.97 Å². The average molecular weight is 589 g/mol. The molecule has 7 nitrogen and oxygen atoms in total. The van der Waals surface area contributed by atoms with E-state index < -0.39 is 12.0 Å². The number of nitrogens with zero attached hydrogens (tertiary/aromatic N) is 2. The fourth-order valence-electron chi connectivity index (χ4n) is 4.67. The molecular formula is C32H29ClN2O5S. The molecular weight excluding hydrogens is 560 g/mol. The quantitative estimate of drug-likeness (QED) is 0.244. The number of hydrogen-bond donors (Lipinski definition) is 0. The molecule has 0 saturated heterocycles. The number of hydrogen-bond acceptors (Lipinski definition) is 7. The second-order valence-corrected chi connectivity index (χ2v) is 10.7. The van der Waals surface area contributed by atoms with Gasteiger partial charge in [0.25, 0.3) is 5.56 Å². The number of thiazole rings is 1. The number of aromatic nitrogens is 1. The maximum Gasteiger partial charge on any atom is 0.338 e. The second kappa shape index (κ2) is 12.6. The highest BCUT2D eigenvalue weighted by atomic mass is 35.5. The van der Waals surface area contributed by atoms with Crippen LogP contribution in [0.3, 0.4) is 0 Å². The van der Waals surface area contributed by atoms with Gasteiger partial charge < -0.3 is 14.2 Å². The number of carbonyl (C=O) groups excluding carboxylic acids is 1. The fraction of sp³-hybridized carbons (Fsp3) is 0.219. The molecule has 1 unspecified atom stereocenters. The third kappa shape index (κ3) is 5.99. The van der Waals surface area contributed by atoms with E-state index >= 15 is 0 Å². The molecule has 1 aliphatic heterocycles. The van der Waals surface area contributed by atoms with Gasteiger partial charge in [0.2, 0.25) is 0 Å². The number of carbonyl (C=O) groups is 1. The van der Waals surface area contributed by atoms with E-state index in [1.807, 2.05) is 67.6 Å². The van der Waals surface area contributed by atoms with Crippen molar-refractivity contribution in [3.63, 3.8) is 0 Å². The van der Waals surface area contributed by atoms with Gasteiger partial charge in [0.1, 0.15) is 12.6 Å². The lowest BCUT2D eigenvalue weighted by atomic mass is 9.96. The summed E-state index contributed by atoms with van der Waals surface area (Å²) in [6.07, 6.45) is 1.79. The molecule has 0 amide bonds. The Balaban J connectivity index is 1.57. The second-order valence-electron chi connectivity index (χ2n) is 9.24. The van der Waals surface area contributed by atoms with Gasteiger partial charge in [-0.15, -0.1) is 0 Å². The summed E-state index contributed by atoms with van der Waals surface area (Å²) in [5, 5.41) is 0.441. The molecule has 0 aliphatic carbocycles. The summed E-state index contributed by atoms with van der Waals surface area (Å²) in [6, 6.07) is 21.9. The van der Waals surface area contributed by atoms with E-state index in [1.54, 1.807) is 32.1 Å². The lowest BCUT2D eigenvalue weighted by Gasteiger charge is -2.25. The highest BCUT2D eigenvalue weighted by molar-refractivity contribution is 7.07. The van der Waals surface area contributed by atoms with Crippen LogP contribution < -0.4 is 24.4 Å². The van der Waals surface area contributed by atoms with Crippen LogP contribution in [0.2, 0.25) is 5.02 Å². The SMILES string of the molecule is CCOC(=O)C1=C(C)N=c2s/c(=C\c3ccc(OCc4ccccc4)c(OCC)c3)c(=O)n2C1c1ccccc1Cl. The molecule has 0 N–H and O–H groups in total. The monoisotopic (exact) mass is 588 g/mol. The molecule has 0 fully saturated rings. The fourth-order valence-corrected chi connectivity index (χ4v) is 5.96. The summed E-state index contributed by atoms with van der Waals surface area (Å²) in [5.74, 6) is 0.669. The van der Waals surface area contributed by atoms with Crippen molar-refractivity contribution in [3.05, 3.63) is 125 Å². The topological polar surface area (TPSA) is 79.1 Å². The number of rotatable bonds is 9. The third-order valence-corrected chi connectivity index (χ3v) is 7.85. The zero-order chi connectivity index (χ0) is 28.9. The van der Waals surface area contributed by atoms with Crippen LogP contribution in [0.5, 0.6) is 11.5 Å². The van der Waals surface area contributed by atoms with Gasteiger partial charge in [0, 0.05) is 5.02 Å². The third-order valence-electron chi connectivity index (χ3n) is 6.52. The van der Waals surface area contributed by atoms with Crippen LogP contribution in [-0.4, -0.2) is 23.8 Å². The summed E-state index contributed by atoms with van der Waals surface area (Å²) in [7, 11) is 0. The number of fused-ring (bicyclic) bond motifs is 1. The average Bonchev–Trinajstić information content (AvgIpc) is 3.27. The van der Waals surface area contributed by atoms with Crippen LogP contribution in [0.15, 0.2) is 93.9 Å². The van der Waals surface area contributed by atoms with E-state index in [9.17, 15) is 9.59 Å². The van der Waals surface area contributed by atoms with Crippen molar-refractivity contribution in [1.29, 1.82) is 0 Å². The van der Waals surface area contributed by atoms with Crippen LogP contribution in [-0.2, 0) is 16.1 Å². The number of halogens is 1. The molecule has 0 saturated carbocycles. The van der Waals surface area contributed by atoms with E-state index in [-0.39, 0.29) is 17.7 Å². The Kier molecular flexibility index (Phi) is 8.71. The summed E-state index contributed by atoms with van der Waals surface area (Å²) in [4.78, 5) is 32.1. The van der Waals surface area contributed by atoms with Gasteiger partial charge in [-0.25, -0.2) is 9.79 Å². The van der Waals surface area contributed by atoms with Crippen molar-refractivity contribution in [3.8, 4) is 11.5 Å². The van der Waals surface area contributed by atoms with Crippen molar-refractivity contribution in [1.82, 2.24) is 4.57 Å². The minimum absolute atomic E-state index is 0.197. The molecule has 1 atom stereocenters. The highest BCUT2D eigenvalue weighted by Gasteiger charge is 2.34. The van der Waals surface area contributed by atoms with Crippen LogP contribution in [0, 0.1) is 0 Å². The Hall–Kier alpha value is -4.14. The first-order chi connectivity index (χ1) is 19.9. The Labute approximate surface area is 246 Å². The number of allylic oxidation sites excluding steroid dienone is 1. The normalized spacial score (nSPS) is 14.8. The van der Waals surface area contributed by atoms with Gasteiger partial charge in [-0.2, -0.15) is 0 Å². The first-order valence-corrected chi connectivity index (χ1v) is 14.5. The molecule has 0 bridgehead atoms. The van der Waals surface area contributed by atoms with Gasteiger partial charge in [0.05, 0.1) is 29.0 Å². The smallest absolute Gasteiger partial charge is 0.338 e. The predicted octanol–water partition coefficient (Wildman–Crippen LogP) is 5.43. The molecule has 41 heavy (non-hydrogen) atoms. The van der Waals surface area contributed by atoms with Gasteiger partial charge in [-0.3, -0.25) is 9.36 Å². The van der Waals surface area contributed by atoms with Crippen LogP contribution in [0.25, 0.3) is 6.08 Å². The summed E-state index contributed by atoms with van der Waals surface area (Å²) in [6.45, 7) is 6.45. The molecule has 1 aromatic heterocycles. The zero-order valence-electron chi connectivity index (χ0n) is 22.9. The minimum atomic E-state index is -0.770. The highest BCUT2D eigenvalue weighted by Crippen LogP contribution is 2.34. The standard InChI is InChI=1S/C32H29ClN2O5S/c1-4-38-26-17-22(15-16-25(26)40-19-21-11-7-6-8-12-21)18-27-30(36)35-29(23-13-9-10-14-24(23)33)28(31(37)39-5-2)20(3)34-32(35)41-27/h6-18,29H,4-5,19H2,1-3H3/b27-18-. The van der Waals surface area contributed by atoms with Gasteiger partial charge in [0.15, 0.2) is 16.3 Å². The van der Waals surface area contributed by atoms with E-state index in [0.29, 0.717) is 50.3 Å². The molecule has 0 radical (unpaired) electrons. The van der Waals surface area contributed by atoms with E-state index in [4.69, 9.17) is 25.8 Å². The lowest BCUT2D eigenvalue weighted by molar-refractivity contribution is -0.139. The van der Waals surface area contributed by atoms with Crippen LogP contribution in [0.4, 0.5) is 0 Å². The summed E-state index contributed by atoms with van der Waals surface area (Å²) in [5.41, 5.74) is 2.93. The van der Waals surface area contributed by atoms with Crippen LogP contribution in [0.1, 0.15) is 43.5 Å². The predicted molar refractivity (Wildman–Crippen MR) is 160 cm³/mol. The first-order valence-electron chi connectivity index (χ1n) is 13.3. The maximum absolute atomic E-state index is 13.9. The number of ether oxygens (including phenoxy) is 3. The zero-order valence-corrected chi connectivity index (χ0v) is 24.5. The number of esters is 1. The first kappa shape index (κ1) is 28.4. The summed E-state index contributed by atoms with van der Waals surface area (Å²) >= 11 is 7.83. The van der Waals surface area contributed by atoms with Crippen molar-refractivity contribution in [2.45, 2.75) is 33.4 Å². The minimum Gasteiger partial charge on any atom is -0.490 e. The van der Waals surface area contributed by atoms with E-state index in [1.165, 1.54) is 15.9 Å². The van der Waals surface area contributed by atoms with E-state index in [0.717, 1.165) is 11.1 Å². The van der Waals surface area contributed by atoms with Crippen LogP contribution >= 0.6 is 22.9 Å². The molecule has 9 heteroatoms. The number of benzene rings is 3. The van der Waals surface area contributed by atoms with Crippen molar-refractivity contribution in [2.24, 2.45) is 4.99 Å². The molecule has 5 rings (SSSR count). The van der Waals surface area contributed by atoms with Crippen molar-refractivity contribution < 1.29 is 19.0 Å². The molecule has 4 aromatic rings. The molecule has 3 aromatic carbocycles. The Morgan fingerprint density at radius 1 is 1.00 bits per heavy atom. The summed E-state index contributed by atoms with van der Waals surface area (Å²) < 4.78 is 19.2. The van der Waals surface area contributed by atoms with Crippen molar-refractivity contribution in [2.75, 3.05) is 13.2 Å². The van der Waals surface area contributed by atoms with E-state index in [2.05, 4.69) is 4.99 Å². The Morgan fingerprint density at radius 3 is 2.49 bits per heavy atom. The maximum atomic E-state index is 13.9.